The Balaban J connectivity index is 2.23. The Kier molecular flexibility index (Phi) is 3.42. The molecule has 15 heavy (non-hydrogen) atoms. The van der Waals surface area contributed by atoms with Gasteiger partial charge in [0, 0.05) is 18.2 Å². The van der Waals surface area contributed by atoms with E-state index in [-0.39, 0.29) is 5.60 Å². The lowest BCUT2D eigenvalue weighted by Crippen LogP contribution is -2.35. The molecular formula is C12H19NOS. The van der Waals surface area contributed by atoms with Crippen molar-refractivity contribution in [1.29, 1.82) is 0 Å². The third-order valence-corrected chi connectivity index (χ3v) is 4.16. The van der Waals surface area contributed by atoms with E-state index in [0.717, 1.165) is 25.4 Å². The minimum absolute atomic E-state index is 0.0689. The van der Waals surface area contributed by atoms with Crippen molar-refractivity contribution >= 4 is 11.3 Å². The van der Waals surface area contributed by atoms with Crippen molar-refractivity contribution in [3.63, 3.8) is 0 Å². The molecule has 84 valence electrons. The van der Waals surface area contributed by atoms with Crippen LogP contribution in [0.3, 0.4) is 0 Å². The summed E-state index contributed by atoms with van der Waals surface area (Å²) in [6, 6.07) is 0. The van der Waals surface area contributed by atoms with Gasteiger partial charge >= 0.3 is 0 Å². The summed E-state index contributed by atoms with van der Waals surface area (Å²) in [5.41, 5.74) is -0.0689. The van der Waals surface area contributed by atoms with E-state index in [9.17, 15) is 0 Å². The lowest BCUT2D eigenvalue weighted by Gasteiger charge is -2.38. The Morgan fingerprint density at radius 3 is 3.13 bits per heavy atom. The molecule has 1 aromatic rings. The molecule has 0 aromatic carbocycles. The Morgan fingerprint density at radius 1 is 1.67 bits per heavy atom. The Bertz CT molecular complexity index is 295. The van der Waals surface area contributed by atoms with Gasteiger partial charge in [-0.1, -0.05) is 13.3 Å². The zero-order chi connectivity index (χ0) is 10.7. The van der Waals surface area contributed by atoms with Gasteiger partial charge in [0.05, 0.1) is 0 Å². The van der Waals surface area contributed by atoms with Crippen LogP contribution in [0.15, 0.2) is 11.6 Å². The van der Waals surface area contributed by atoms with Crippen molar-refractivity contribution < 1.29 is 4.74 Å². The van der Waals surface area contributed by atoms with Crippen LogP contribution in [0, 0.1) is 5.92 Å². The molecule has 2 rings (SSSR count). The number of aromatic nitrogens is 1. The van der Waals surface area contributed by atoms with E-state index < -0.39 is 0 Å². The van der Waals surface area contributed by atoms with Crippen LogP contribution < -0.4 is 0 Å². The predicted molar refractivity (Wildman–Crippen MR) is 63.1 cm³/mol. The van der Waals surface area contributed by atoms with E-state index in [4.69, 9.17) is 4.74 Å². The van der Waals surface area contributed by atoms with Crippen molar-refractivity contribution in [3.05, 3.63) is 16.6 Å². The van der Waals surface area contributed by atoms with Crippen molar-refractivity contribution in [3.8, 4) is 0 Å². The number of thiazole rings is 1. The van der Waals surface area contributed by atoms with Crippen LogP contribution in [0.2, 0.25) is 0 Å². The Morgan fingerprint density at radius 2 is 2.53 bits per heavy atom. The molecule has 1 aromatic heterocycles. The van der Waals surface area contributed by atoms with E-state index in [1.165, 1.54) is 17.8 Å². The Labute approximate surface area is 95.7 Å². The molecule has 0 N–H and O–H groups in total. The molecule has 0 amide bonds. The zero-order valence-corrected chi connectivity index (χ0v) is 10.3. The number of hydrogen-bond acceptors (Lipinski definition) is 3. The van der Waals surface area contributed by atoms with Crippen LogP contribution in [0.4, 0.5) is 0 Å². The van der Waals surface area contributed by atoms with Crippen LogP contribution in [-0.4, -0.2) is 11.6 Å². The third kappa shape index (κ3) is 2.23. The highest BCUT2D eigenvalue weighted by Crippen LogP contribution is 2.43. The first-order valence-corrected chi connectivity index (χ1v) is 6.69. The summed E-state index contributed by atoms with van der Waals surface area (Å²) in [6.07, 6.45) is 6.76. The number of ether oxygens (including phenoxy) is 1. The number of rotatable bonds is 3. The predicted octanol–water partition coefficient (Wildman–Crippen LogP) is 3.59. The molecular weight excluding hydrogens is 206 g/mol. The highest BCUT2D eigenvalue weighted by atomic mass is 32.1. The fourth-order valence-electron chi connectivity index (χ4n) is 2.61. The number of nitrogens with zero attached hydrogens (tertiary/aromatic N) is 1. The summed E-state index contributed by atoms with van der Waals surface area (Å²) in [5, 5.41) is 3.23. The molecule has 1 fully saturated rings. The van der Waals surface area contributed by atoms with E-state index in [2.05, 4.69) is 24.2 Å². The van der Waals surface area contributed by atoms with Gasteiger partial charge in [-0.05, 0) is 32.1 Å². The van der Waals surface area contributed by atoms with Gasteiger partial charge in [-0.2, -0.15) is 0 Å². The maximum absolute atomic E-state index is 6.03. The minimum atomic E-state index is -0.0689. The first-order valence-electron chi connectivity index (χ1n) is 5.81. The maximum atomic E-state index is 6.03. The van der Waals surface area contributed by atoms with Crippen LogP contribution in [-0.2, 0) is 10.3 Å². The summed E-state index contributed by atoms with van der Waals surface area (Å²) >= 11 is 1.73. The van der Waals surface area contributed by atoms with Gasteiger partial charge in [-0.15, -0.1) is 11.3 Å². The molecule has 2 nitrogen and oxygen atoms in total. The molecule has 2 atom stereocenters. The molecule has 0 saturated heterocycles. The molecule has 1 aliphatic carbocycles. The second-order valence-electron chi connectivity index (χ2n) is 4.47. The fraction of sp³-hybridized carbons (Fsp3) is 0.750. The lowest BCUT2D eigenvalue weighted by atomic mass is 9.79. The topological polar surface area (TPSA) is 22.1 Å². The molecule has 1 heterocycles. The molecule has 3 heteroatoms. The van der Waals surface area contributed by atoms with E-state index in [1.807, 2.05) is 6.20 Å². The molecule has 1 saturated carbocycles. The summed E-state index contributed by atoms with van der Waals surface area (Å²) < 4.78 is 6.03. The first-order chi connectivity index (χ1) is 7.27. The molecule has 1 aliphatic rings. The van der Waals surface area contributed by atoms with E-state index in [1.54, 1.807) is 11.3 Å². The molecule has 0 radical (unpaired) electrons. The smallest absolute Gasteiger partial charge is 0.125 e. The lowest BCUT2D eigenvalue weighted by molar-refractivity contribution is -0.0820. The van der Waals surface area contributed by atoms with E-state index >= 15 is 0 Å². The van der Waals surface area contributed by atoms with Gasteiger partial charge in [-0.25, -0.2) is 4.98 Å². The van der Waals surface area contributed by atoms with Crippen LogP contribution in [0.1, 0.15) is 44.5 Å². The quantitative estimate of drug-likeness (QED) is 0.784. The second-order valence-corrected chi connectivity index (χ2v) is 5.36. The van der Waals surface area contributed by atoms with Crippen molar-refractivity contribution in [1.82, 2.24) is 4.98 Å². The molecule has 0 spiro atoms. The largest absolute Gasteiger partial charge is 0.368 e. The van der Waals surface area contributed by atoms with Crippen molar-refractivity contribution in [2.75, 3.05) is 6.61 Å². The maximum Gasteiger partial charge on any atom is 0.125 e. The van der Waals surface area contributed by atoms with E-state index in [0.29, 0.717) is 0 Å². The SMILES string of the molecule is CCOC1(c2nccs2)CCCC(C)C1. The summed E-state index contributed by atoms with van der Waals surface area (Å²) in [6.45, 7) is 5.18. The standard InChI is InChI=1S/C12H19NOS/c1-3-14-12(11-13-7-8-15-11)6-4-5-10(2)9-12/h7-8,10H,3-6,9H2,1-2H3. The average molecular weight is 225 g/mol. The monoisotopic (exact) mass is 225 g/mol. The van der Waals surface area contributed by atoms with Gasteiger partial charge in [0.1, 0.15) is 10.6 Å². The highest BCUT2D eigenvalue weighted by molar-refractivity contribution is 7.09. The van der Waals surface area contributed by atoms with Crippen LogP contribution in [0.5, 0.6) is 0 Å². The molecule has 2 unspecified atom stereocenters. The van der Waals surface area contributed by atoms with Gasteiger partial charge in [0.15, 0.2) is 0 Å². The average Bonchev–Trinajstić information content (AvgIpc) is 2.71. The summed E-state index contributed by atoms with van der Waals surface area (Å²) in [5.74, 6) is 0.759. The van der Waals surface area contributed by atoms with Crippen LogP contribution in [0.25, 0.3) is 0 Å². The first kappa shape index (κ1) is 11.1. The summed E-state index contributed by atoms with van der Waals surface area (Å²) in [7, 11) is 0. The molecule has 0 aliphatic heterocycles. The normalized spacial score (nSPS) is 31.7. The van der Waals surface area contributed by atoms with Gasteiger partial charge in [0.2, 0.25) is 0 Å². The van der Waals surface area contributed by atoms with Crippen molar-refractivity contribution in [2.24, 2.45) is 5.92 Å². The highest BCUT2D eigenvalue weighted by Gasteiger charge is 2.39. The number of hydrogen-bond donors (Lipinski definition) is 0. The minimum Gasteiger partial charge on any atom is -0.368 e. The van der Waals surface area contributed by atoms with Gasteiger partial charge in [-0.3, -0.25) is 0 Å². The van der Waals surface area contributed by atoms with Gasteiger partial charge in [0.25, 0.3) is 0 Å². The third-order valence-electron chi connectivity index (χ3n) is 3.20. The van der Waals surface area contributed by atoms with Crippen molar-refractivity contribution in [2.45, 2.75) is 45.1 Å². The van der Waals surface area contributed by atoms with Crippen LogP contribution >= 0.6 is 11.3 Å². The molecule has 0 bridgehead atoms. The fourth-order valence-corrected chi connectivity index (χ4v) is 3.45. The van der Waals surface area contributed by atoms with Gasteiger partial charge < -0.3 is 4.74 Å². The second kappa shape index (κ2) is 4.62. The zero-order valence-electron chi connectivity index (χ0n) is 9.53. The Hall–Kier alpha value is -0.410. The summed E-state index contributed by atoms with van der Waals surface area (Å²) in [4.78, 5) is 4.46.